The van der Waals surface area contributed by atoms with Crippen LogP contribution in [-0.2, 0) is 20.5 Å². The second kappa shape index (κ2) is 7.00. The zero-order chi connectivity index (χ0) is 21.9. The Balaban J connectivity index is 1.75. The van der Waals surface area contributed by atoms with Gasteiger partial charge in [-0.2, -0.15) is 10.2 Å². The van der Waals surface area contributed by atoms with Gasteiger partial charge in [-0.15, -0.1) is 0 Å². The molecule has 1 amide bonds. The Morgan fingerprint density at radius 2 is 1.70 bits per heavy atom. The van der Waals surface area contributed by atoms with Crippen molar-refractivity contribution in [2.24, 2.45) is 14.1 Å². The van der Waals surface area contributed by atoms with Crippen molar-refractivity contribution in [2.45, 2.75) is 33.2 Å². The summed E-state index contributed by atoms with van der Waals surface area (Å²) in [6, 6.07) is 1.61. The van der Waals surface area contributed by atoms with Crippen molar-refractivity contribution in [3.05, 3.63) is 57.8 Å². The monoisotopic (exact) mass is 417 g/mol. The number of carbonyl (C=O) groups excluding carboxylic acids is 1. The van der Waals surface area contributed by atoms with Crippen molar-refractivity contribution < 1.29 is 18.0 Å². The average molecular weight is 417 g/mol. The second-order valence-electron chi connectivity index (χ2n) is 7.68. The molecule has 1 aliphatic rings. The molecule has 0 saturated carbocycles. The van der Waals surface area contributed by atoms with Gasteiger partial charge in [0.15, 0.2) is 17.5 Å². The summed E-state index contributed by atoms with van der Waals surface area (Å²) in [5.74, 6) is -4.12. The summed E-state index contributed by atoms with van der Waals surface area (Å²) in [7, 11) is 3.46. The Morgan fingerprint density at radius 1 is 1.07 bits per heavy atom. The van der Waals surface area contributed by atoms with Crippen molar-refractivity contribution in [1.29, 1.82) is 0 Å². The number of nitrogens with zero attached hydrogens (tertiary/aromatic N) is 5. The molecule has 0 spiro atoms. The molecule has 0 unspecified atom stereocenters. The van der Waals surface area contributed by atoms with Crippen molar-refractivity contribution in [3.63, 3.8) is 0 Å². The van der Waals surface area contributed by atoms with E-state index in [0.717, 1.165) is 23.4 Å². The molecule has 1 aromatic carbocycles. The number of aryl methyl sites for hydroxylation is 3. The fourth-order valence-electron chi connectivity index (χ4n) is 4.30. The van der Waals surface area contributed by atoms with Crippen LogP contribution in [0.25, 0.3) is 11.3 Å². The fraction of sp³-hybridized carbons (Fsp3) is 0.381. The number of hydrogen-bond donors (Lipinski definition) is 0. The number of halogens is 3. The Kier molecular flexibility index (Phi) is 4.71. The third-order valence-electron chi connectivity index (χ3n) is 5.88. The lowest BCUT2D eigenvalue weighted by molar-refractivity contribution is 0.0672. The maximum Gasteiger partial charge on any atom is 0.258 e. The third kappa shape index (κ3) is 2.91. The molecular weight excluding hydrogens is 395 g/mol. The SMILES string of the molecule is Cc1nn(C)c(C)c1C(=O)N1CCc2c(nn(C)c2-c2cc(F)c(F)c(F)c2)[C@@H]1C. The number of amides is 1. The lowest BCUT2D eigenvalue weighted by Gasteiger charge is -2.33. The molecule has 1 atom stereocenters. The van der Waals surface area contributed by atoms with Crippen LogP contribution in [0.1, 0.15) is 46.0 Å². The van der Waals surface area contributed by atoms with Crippen LogP contribution in [0.3, 0.4) is 0 Å². The molecule has 0 saturated heterocycles. The highest BCUT2D eigenvalue weighted by molar-refractivity contribution is 5.97. The maximum atomic E-state index is 13.8. The Labute approximate surface area is 171 Å². The summed E-state index contributed by atoms with van der Waals surface area (Å²) in [5.41, 5.74) is 4.23. The summed E-state index contributed by atoms with van der Waals surface area (Å²) >= 11 is 0. The molecule has 0 fully saturated rings. The first kappa shape index (κ1) is 20.2. The minimum absolute atomic E-state index is 0.123. The predicted octanol–water partition coefficient (Wildman–Crippen LogP) is 3.61. The molecule has 6 nitrogen and oxygen atoms in total. The summed E-state index contributed by atoms with van der Waals surface area (Å²) in [5, 5.41) is 8.86. The van der Waals surface area contributed by atoms with E-state index in [0.29, 0.717) is 35.6 Å². The summed E-state index contributed by atoms with van der Waals surface area (Å²) in [4.78, 5) is 15.0. The topological polar surface area (TPSA) is 56.0 Å². The number of benzene rings is 1. The number of fused-ring (bicyclic) bond motifs is 1. The van der Waals surface area contributed by atoms with Gasteiger partial charge in [0, 0.05) is 37.5 Å². The number of aromatic nitrogens is 4. The largest absolute Gasteiger partial charge is 0.330 e. The van der Waals surface area contributed by atoms with Gasteiger partial charge in [0.2, 0.25) is 0 Å². The molecule has 9 heteroatoms. The molecule has 3 aromatic rings. The summed E-state index contributed by atoms with van der Waals surface area (Å²) in [6.07, 6.45) is 0.466. The van der Waals surface area contributed by atoms with Gasteiger partial charge in [-0.1, -0.05) is 0 Å². The third-order valence-corrected chi connectivity index (χ3v) is 5.88. The van der Waals surface area contributed by atoms with Gasteiger partial charge in [0.25, 0.3) is 5.91 Å². The number of carbonyl (C=O) groups is 1. The summed E-state index contributed by atoms with van der Waals surface area (Å²) in [6.45, 7) is 5.95. The molecule has 4 rings (SSSR count). The quantitative estimate of drug-likeness (QED) is 0.599. The van der Waals surface area contributed by atoms with E-state index in [9.17, 15) is 18.0 Å². The highest BCUT2D eigenvalue weighted by Gasteiger charge is 2.35. The van der Waals surface area contributed by atoms with Crippen LogP contribution >= 0.6 is 0 Å². The Morgan fingerprint density at radius 3 is 2.27 bits per heavy atom. The van der Waals surface area contributed by atoms with Crippen molar-refractivity contribution >= 4 is 5.91 Å². The minimum Gasteiger partial charge on any atom is -0.330 e. The van der Waals surface area contributed by atoms with Crippen LogP contribution in [0.15, 0.2) is 12.1 Å². The van der Waals surface area contributed by atoms with Gasteiger partial charge in [-0.25, -0.2) is 13.2 Å². The van der Waals surface area contributed by atoms with E-state index in [1.807, 2.05) is 13.8 Å². The van der Waals surface area contributed by atoms with Crippen LogP contribution in [-0.4, -0.2) is 36.9 Å². The van der Waals surface area contributed by atoms with Crippen molar-refractivity contribution in [2.75, 3.05) is 6.54 Å². The van der Waals surface area contributed by atoms with Crippen LogP contribution in [0, 0.1) is 31.3 Å². The van der Waals surface area contributed by atoms with Gasteiger partial charge in [-0.3, -0.25) is 14.2 Å². The Hall–Kier alpha value is -3.10. The van der Waals surface area contributed by atoms with E-state index in [-0.39, 0.29) is 17.5 Å². The normalized spacial score (nSPS) is 16.1. The molecule has 0 bridgehead atoms. The van der Waals surface area contributed by atoms with Crippen LogP contribution < -0.4 is 0 Å². The smallest absolute Gasteiger partial charge is 0.258 e. The van der Waals surface area contributed by atoms with E-state index in [1.165, 1.54) is 4.68 Å². The molecule has 0 aliphatic carbocycles. The van der Waals surface area contributed by atoms with Gasteiger partial charge >= 0.3 is 0 Å². The molecule has 3 heterocycles. The Bertz CT molecular complexity index is 1160. The zero-order valence-electron chi connectivity index (χ0n) is 17.4. The molecule has 2 aromatic heterocycles. The van der Waals surface area contributed by atoms with E-state index >= 15 is 0 Å². The minimum atomic E-state index is -1.50. The maximum absolute atomic E-state index is 13.8. The molecular formula is C21H22F3N5O. The van der Waals surface area contributed by atoms with Crippen LogP contribution in [0.2, 0.25) is 0 Å². The van der Waals surface area contributed by atoms with E-state index in [4.69, 9.17) is 0 Å². The molecule has 1 aliphatic heterocycles. The average Bonchev–Trinajstić information content (AvgIpc) is 3.15. The zero-order valence-corrected chi connectivity index (χ0v) is 17.4. The standard InChI is InChI=1S/C21H22F3N5O/c1-10-17(11(2)27(4)25-10)21(30)29-7-6-14-19(12(29)3)26-28(5)20(14)13-8-15(22)18(24)16(23)9-13/h8-9,12H,6-7H2,1-5H3/t12-/m0/s1. The first-order valence-corrected chi connectivity index (χ1v) is 9.63. The first-order valence-electron chi connectivity index (χ1n) is 9.63. The van der Waals surface area contributed by atoms with Gasteiger partial charge in [-0.05, 0) is 39.3 Å². The molecule has 0 radical (unpaired) electrons. The van der Waals surface area contributed by atoms with E-state index in [2.05, 4.69) is 10.2 Å². The number of hydrogen-bond acceptors (Lipinski definition) is 3. The predicted molar refractivity (Wildman–Crippen MR) is 104 cm³/mol. The van der Waals surface area contributed by atoms with Gasteiger partial charge in [0.05, 0.1) is 28.7 Å². The first-order chi connectivity index (χ1) is 14.1. The number of rotatable bonds is 2. The lowest BCUT2D eigenvalue weighted by atomic mass is 9.94. The highest BCUT2D eigenvalue weighted by atomic mass is 19.2. The van der Waals surface area contributed by atoms with Gasteiger partial charge in [0.1, 0.15) is 0 Å². The van der Waals surface area contributed by atoms with E-state index < -0.39 is 17.5 Å². The molecule has 0 N–H and O–H groups in total. The summed E-state index contributed by atoms with van der Waals surface area (Å²) < 4.78 is 44.2. The highest BCUT2D eigenvalue weighted by Crippen LogP contribution is 2.37. The second-order valence-corrected chi connectivity index (χ2v) is 7.68. The van der Waals surface area contributed by atoms with Crippen molar-refractivity contribution in [1.82, 2.24) is 24.5 Å². The van der Waals surface area contributed by atoms with E-state index in [1.54, 1.807) is 30.6 Å². The van der Waals surface area contributed by atoms with Crippen molar-refractivity contribution in [3.8, 4) is 11.3 Å². The molecule has 158 valence electrons. The fourth-order valence-corrected chi connectivity index (χ4v) is 4.30. The molecule has 30 heavy (non-hydrogen) atoms. The van der Waals surface area contributed by atoms with Crippen LogP contribution in [0.4, 0.5) is 13.2 Å². The van der Waals surface area contributed by atoms with Gasteiger partial charge < -0.3 is 4.90 Å². The lowest BCUT2D eigenvalue weighted by Crippen LogP contribution is -2.39. The van der Waals surface area contributed by atoms with Crippen LogP contribution in [0.5, 0.6) is 0 Å².